The Bertz CT molecular complexity index is 410. The van der Waals surface area contributed by atoms with Crippen molar-refractivity contribution in [3.63, 3.8) is 0 Å². The number of nitrogens with zero attached hydrogens (tertiary/aromatic N) is 1. The predicted octanol–water partition coefficient (Wildman–Crippen LogP) is 2.98. The summed E-state index contributed by atoms with van der Waals surface area (Å²) in [7, 11) is 0. The van der Waals surface area contributed by atoms with E-state index in [4.69, 9.17) is 0 Å². The summed E-state index contributed by atoms with van der Waals surface area (Å²) in [5, 5.41) is 9.56. The zero-order valence-electron chi connectivity index (χ0n) is 11.1. The van der Waals surface area contributed by atoms with E-state index in [1.165, 1.54) is 49.9 Å². The van der Waals surface area contributed by atoms with Gasteiger partial charge in [-0.15, -0.1) is 0 Å². The number of rotatable bonds is 2. The zero-order chi connectivity index (χ0) is 12.4. The van der Waals surface area contributed by atoms with Gasteiger partial charge in [0.15, 0.2) is 0 Å². The highest BCUT2D eigenvalue weighted by Crippen LogP contribution is 2.27. The predicted molar refractivity (Wildman–Crippen MR) is 73.9 cm³/mol. The Balaban J connectivity index is 1.63. The standard InChI is InChI=1S/C16H23NO/c18-16-6-5-14-7-9-17(10-8-15(14)11-16)12-13-3-1-2-4-13/h5-6,11,13,18H,1-4,7-10,12H2. The smallest absolute Gasteiger partial charge is 0.115 e. The molecule has 1 aromatic carbocycles. The fourth-order valence-corrected chi connectivity index (χ4v) is 3.50. The lowest BCUT2D eigenvalue weighted by Gasteiger charge is -2.23. The van der Waals surface area contributed by atoms with Crippen molar-refractivity contribution in [2.24, 2.45) is 5.92 Å². The largest absolute Gasteiger partial charge is 0.508 e. The highest BCUT2D eigenvalue weighted by Gasteiger charge is 2.20. The second kappa shape index (κ2) is 5.31. The van der Waals surface area contributed by atoms with Gasteiger partial charge < -0.3 is 10.0 Å². The molecule has 0 saturated heterocycles. The zero-order valence-corrected chi connectivity index (χ0v) is 11.1. The van der Waals surface area contributed by atoms with E-state index in [1.54, 1.807) is 0 Å². The van der Waals surface area contributed by atoms with Gasteiger partial charge in [0.05, 0.1) is 0 Å². The molecular formula is C16H23NO. The van der Waals surface area contributed by atoms with Crippen LogP contribution in [-0.4, -0.2) is 29.6 Å². The molecule has 0 spiro atoms. The summed E-state index contributed by atoms with van der Waals surface area (Å²) in [6, 6.07) is 5.88. The van der Waals surface area contributed by atoms with Crippen LogP contribution in [0.25, 0.3) is 0 Å². The summed E-state index contributed by atoms with van der Waals surface area (Å²) in [4.78, 5) is 2.63. The van der Waals surface area contributed by atoms with Crippen LogP contribution < -0.4 is 0 Å². The highest BCUT2D eigenvalue weighted by molar-refractivity contribution is 5.36. The number of hydrogen-bond donors (Lipinski definition) is 1. The van der Waals surface area contributed by atoms with Gasteiger partial charge in [-0.3, -0.25) is 0 Å². The molecule has 0 amide bonds. The van der Waals surface area contributed by atoms with Crippen LogP contribution in [0.1, 0.15) is 36.8 Å². The molecule has 1 aromatic rings. The molecule has 3 rings (SSSR count). The second-order valence-corrected chi connectivity index (χ2v) is 5.90. The summed E-state index contributed by atoms with van der Waals surface area (Å²) < 4.78 is 0. The first-order valence-electron chi connectivity index (χ1n) is 7.34. The van der Waals surface area contributed by atoms with Crippen LogP contribution in [0.3, 0.4) is 0 Å². The molecule has 2 aliphatic rings. The molecule has 1 fully saturated rings. The van der Waals surface area contributed by atoms with Crippen molar-refractivity contribution in [1.82, 2.24) is 4.90 Å². The maximum Gasteiger partial charge on any atom is 0.115 e. The number of phenols is 1. The summed E-state index contributed by atoms with van der Waals surface area (Å²) in [6.45, 7) is 3.64. The SMILES string of the molecule is Oc1ccc2c(c1)CCN(CC1CCCC1)CC2. The third-order valence-electron chi connectivity index (χ3n) is 4.58. The Hall–Kier alpha value is -1.02. The number of phenolic OH excluding ortho intramolecular Hbond substituents is 1. The van der Waals surface area contributed by atoms with E-state index in [9.17, 15) is 5.11 Å². The molecule has 1 heterocycles. The van der Waals surface area contributed by atoms with Gasteiger partial charge in [-0.2, -0.15) is 0 Å². The van der Waals surface area contributed by atoms with E-state index >= 15 is 0 Å². The second-order valence-electron chi connectivity index (χ2n) is 5.90. The van der Waals surface area contributed by atoms with Crippen molar-refractivity contribution >= 4 is 0 Å². The lowest BCUT2D eigenvalue weighted by atomic mass is 10.0. The van der Waals surface area contributed by atoms with E-state index in [2.05, 4.69) is 11.0 Å². The van der Waals surface area contributed by atoms with Crippen LogP contribution in [0.4, 0.5) is 0 Å². The molecular weight excluding hydrogens is 222 g/mol. The third kappa shape index (κ3) is 2.69. The molecule has 0 radical (unpaired) electrons. The van der Waals surface area contributed by atoms with Crippen LogP contribution >= 0.6 is 0 Å². The van der Waals surface area contributed by atoms with Crippen molar-refractivity contribution < 1.29 is 5.11 Å². The van der Waals surface area contributed by atoms with E-state index in [-0.39, 0.29) is 0 Å². The van der Waals surface area contributed by atoms with Crippen LogP contribution in [0, 0.1) is 5.92 Å². The van der Waals surface area contributed by atoms with Gasteiger partial charge in [-0.25, -0.2) is 0 Å². The maximum atomic E-state index is 9.56. The van der Waals surface area contributed by atoms with Gasteiger partial charge in [0.2, 0.25) is 0 Å². The first kappa shape index (κ1) is 12.0. The fourth-order valence-electron chi connectivity index (χ4n) is 3.50. The van der Waals surface area contributed by atoms with Crippen LogP contribution in [-0.2, 0) is 12.8 Å². The number of fused-ring (bicyclic) bond motifs is 1. The van der Waals surface area contributed by atoms with E-state index in [0.717, 1.165) is 25.3 Å². The summed E-state index contributed by atoms with van der Waals surface area (Å²) >= 11 is 0. The molecule has 0 atom stereocenters. The highest BCUT2D eigenvalue weighted by atomic mass is 16.3. The molecule has 1 aliphatic heterocycles. The quantitative estimate of drug-likeness (QED) is 0.866. The van der Waals surface area contributed by atoms with Crippen molar-refractivity contribution in [2.45, 2.75) is 38.5 Å². The topological polar surface area (TPSA) is 23.5 Å². The van der Waals surface area contributed by atoms with E-state index in [0.29, 0.717) is 5.75 Å². The molecule has 1 N–H and O–H groups in total. The average Bonchev–Trinajstić information content (AvgIpc) is 2.79. The van der Waals surface area contributed by atoms with Gasteiger partial charge in [0.1, 0.15) is 5.75 Å². The Kier molecular flexibility index (Phi) is 3.55. The minimum absolute atomic E-state index is 0.415. The van der Waals surface area contributed by atoms with Crippen molar-refractivity contribution in [3.8, 4) is 5.75 Å². The van der Waals surface area contributed by atoms with Gasteiger partial charge in [-0.1, -0.05) is 18.9 Å². The summed E-state index contributed by atoms with van der Waals surface area (Å²) in [6.07, 6.45) is 7.98. The van der Waals surface area contributed by atoms with Crippen LogP contribution in [0.5, 0.6) is 5.75 Å². The molecule has 0 unspecified atom stereocenters. The molecule has 2 nitrogen and oxygen atoms in total. The average molecular weight is 245 g/mol. The Morgan fingerprint density at radius 1 is 1.06 bits per heavy atom. The molecule has 98 valence electrons. The first-order chi connectivity index (χ1) is 8.81. The van der Waals surface area contributed by atoms with Gasteiger partial charge in [0, 0.05) is 19.6 Å². The van der Waals surface area contributed by atoms with Crippen LogP contribution in [0.15, 0.2) is 18.2 Å². The lowest BCUT2D eigenvalue weighted by Crippen LogP contribution is -2.31. The van der Waals surface area contributed by atoms with Crippen LogP contribution in [0.2, 0.25) is 0 Å². The third-order valence-corrected chi connectivity index (χ3v) is 4.58. The molecule has 1 aliphatic carbocycles. The molecule has 2 heteroatoms. The Morgan fingerprint density at radius 3 is 2.56 bits per heavy atom. The van der Waals surface area contributed by atoms with Crippen molar-refractivity contribution in [3.05, 3.63) is 29.3 Å². The van der Waals surface area contributed by atoms with E-state index in [1.807, 2.05) is 12.1 Å². The minimum atomic E-state index is 0.415. The van der Waals surface area contributed by atoms with Crippen molar-refractivity contribution in [2.75, 3.05) is 19.6 Å². The Morgan fingerprint density at radius 2 is 1.78 bits per heavy atom. The van der Waals surface area contributed by atoms with Crippen molar-refractivity contribution in [1.29, 1.82) is 0 Å². The monoisotopic (exact) mass is 245 g/mol. The number of aromatic hydroxyl groups is 1. The maximum absolute atomic E-state index is 9.56. The summed E-state index contributed by atoms with van der Waals surface area (Å²) in [5.41, 5.74) is 2.78. The fraction of sp³-hybridized carbons (Fsp3) is 0.625. The number of benzene rings is 1. The first-order valence-corrected chi connectivity index (χ1v) is 7.34. The summed E-state index contributed by atoms with van der Waals surface area (Å²) in [5.74, 6) is 1.36. The van der Waals surface area contributed by atoms with Gasteiger partial charge in [0.25, 0.3) is 0 Å². The minimum Gasteiger partial charge on any atom is -0.508 e. The van der Waals surface area contributed by atoms with E-state index < -0.39 is 0 Å². The molecule has 18 heavy (non-hydrogen) atoms. The normalized spacial score (nSPS) is 21.8. The number of hydrogen-bond acceptors (Lipinski definition) is 2. The molecule has 0 bridgehead atoms. The Labute approximate surface area is 110 Å². The van der Waals surface area contributed by atoms with Gasteiger partial charge >= 0.3 is 0 Å². The molecule has 1 saturated carbocycles. The van der Waals surface area contributed by atoms with Gasteiger partial charge in [-0.05, 0) is 54.9 Å². The lowest BCUT2D eigenvalue weighted by molar-refractivity contribution is 0.242. The molecule has 0 aromatic heterocycles.